The number of carbonyl (C=O) groups is 2. The Morgan fingerprint density at radius 2 is 2.21 bits per heavy atom. The molecular weight excluding hydrogens is 242 g/mol. The van der Waals surface area contributed by atoms with Gasteiger partial charge >= 0.3 is 5.97 Å². The minimum Gasteiger partial charge on any atom is -0.481 e. The Bertz CT molecular complexity index is 431. The number of hydrogen-bond donors (Lipinski definition) is 1. The van der Waals surface area contributed by atoms with E-state index in [1.54, 1.807) is 0 Å². The van der Waals surface area contributed by atoms with Crippen molar-refractivity contribution in [2.24, 2.45) is 17.3 Å². The third-order valence-electron chi connectivity index (χ3n) is 5.20. The van der Waals surface area contributed by atoms with Crippen molar-refractivity contribution in [3.63, 3.8) is 0 Å². The van der Waals surface area contributed by atoms with Crippen LogP contribution < -0.4 is 0 Å². The van der Waals surface area contributed by atoms with Crippen LogP contribution in [-0.2, 0) is 9.59 Å². The van der Waals surface area contributed by atoms with Crippen LogP contribution in [0.3, 0.4) is 0 Å². The summed E-state index contributed by atoms with van der Waals surface area (Å²) in [6.45, 7) is 1.09. The van der Waals surface area contributed by atoms with E-state index in [1.807, 2.05) is 4.90 Å². The van der Waals surface area contributed by atoms with Crippen LogP contribution in [0.2, 0.25) is 0 Å². The molecule has 0 radical (unpaired) electrons. The summed E-state index contributed by atoms with van der Waals surface area (Å²) >= 11 is 0. The Labute approximate surface area is 113 Å². The topological polar surface area (TPSA) is 57.6 Å². The summed E-state index contributed by atoms with van der Waals surface area (Å²) in [7, 11) is 0. The summed E-state index contributed by atoms with van der Waals surface area (Å²) in [5.41, 5.74) is -0.638. The molecule has 0 spiro atoms. The third kappa shape index (κ3) is 2.07. The van der Waals surface area contributed by atoms with Gasteiger partial charge in [0.05, 0.1) is 5.41 Å². The first-order valence-electron chi connectivity index (χ1n) is 7.30. The molecule has 1 saturated heterocycles. The number of fused-ring (bicyclic) bond motifs is 1. The number of allylic oxidation sites excluding steroid dienone is 2. The summed E-state index contributed by atoms with van der Waals surface area (Å²) in [5, 5.41) is 9.51. The summed E-state index contributed by atoms with van der Waals surface area (Å²) in [5.74, 6) is -0.0144. The molecule has 1 unspecified atom stereocenters. The predicted molar refractivity (Wildman–Crippen MR) is 70.5 cm³/mol. The van der Waals surface area contributed by atoms with Crippen LogP contribution in [0, 0.1) is 17.3 Å². The van der Waals surface area contributed by atoms with E-state index in [0.29, 0.717) is 25.4 Å². The van der Waals surface area contributed by atoms with Crippen molar-refractivity contribution in [3.8, 4) is 0 Å². The molecule has 4 heteroatoms. The number of carboxylic acid groups (broad SMARTS) is 1. The maximum absolute atomic E-state index is 12.3. The first-order chi connectivity index (χ1) is 9.12. The van der Waals surface area contributed by atoms with Gasteiger partial charge in [-0.25, -0.2) is 0 Å². The van der Waals surface area contributed by atoms with Gasteiger partial charge in [-0.05, 0) is 37.5 Å². The highest BCUT2D eigenvalue weighted by Gasteiger charge is 2.55. The first-order valence-corrected chi connectivity index (χ1v) is 7.30. The van der Waals surface area contributed by atoms with Gasteiger partial charge in [0.2, 0.25) is 5.91 Å². The lowest BCUT2D eigenvalue weighted by Gasteiger charge is -2.23. The fraction of sp³-hybridized carbons (Fsp3) is 0.733. The highest BCUT2D eigenvalue weighted by molar-refractivity contribution is 5.81. The molecular formula is C15H21NO3. The SMILES string of the molecule is O=C(CC1C=CCC1)N1C[C@@H]2CCC[C@@]2(C(=O)O)C1. The van der Waals surface area contributed by atoms with Crippen molar-refractivity contribution in [2.75, 3.05) is 13.1 Å². The quantitative estimate of drug-likeness (QED) is 0.793. The molecule has 2 aliphatic carbocycles. The molecule has 19 heavy (non-hydrogen) atoms. The number of likely N-dealkylation sites (tertiary alicyclic amines) is 1. The zero-order valence-electron chi connectivity index (χ0n) is 11.2. The van der Waals surface area contributed by atoms with Crippen LogP contribution >= 0.6 is 0 Å². The molecule has 2 fully saturated rings. The second kappa shape index (κ2) is 4.66. The molecule has 104 valence electrons. The Morgan fingerprint density at radius 1 is 1.37 bits per heavy atom. The summed E-state index contributed by atoms with van der Waals surface area (Å²) in [6, 6.07) is 0. The van der Waals surface area contributed by atoms with E-state index >= 15 is 0 Å². The average molecular weight is 263 g/mol. The fourth-order valence-electron chi connectivity index (χ4n) is 4.05. The van der Waals surface area contributed by atoms with Crippen LogP contribution in [0.15, 0.2) is 12.2 Å². The Kier molecular flexibility index (Phi) is 3.11. The smallest absolute Gasteiger partial charge is 0.311 e. The second-order valence-electron chi connectivity index (χ2n) is 6.29. The maximum Gasteiger partial charge on any atom is 0.311 e. The fourth-order valence-corrected chi connectivity index (χ4v) is 4.05. The van der Waals surface area contributed by atoms with Crippen molar-refractivity contribution in [1.82, 2.24) is 4.90 Å². The average Bonchev–Trinajstić information content (AvgIpc) is 3.01. The molecule has 1 saturated carbocycles. The van der Waals surface area contributed by atoms with E-state index in [9.17, 15) is 14.7 Å². The standard InChI is InChI=1S/C15H21NO3/c17-13(8-11-4-1-2-5-11)16-9-12-6-3-7-15(12,10-16)14(18)19/h1,4,11-12H,2-3,5-10H2,(H,18,19)/t11?,12-,15+/m0/s1. The molecule has 1 amide bonds. The van der Waals surface area contributed by atoms with Crippen molar-refractivity contribution < 1.29 is 14.7 Å². The van der Waals surface area contributed by atoms with Gasteiger partial charge < -0.3 is 10.0 Å². The largest absolute Gasteiger partial charge is 0.481 e. The van der Waals surface area contributed by atoms with Crippen molar-refractivity contribution >= 4 is 11.9 Å². The Balaban J connectivity index is 1.66. The molecule has 4 nitrogen and oxygen atoms in total. The number of carbonyl (C=O) groups excluding carboxylic acids is 1. The Hall–Kier alpha value is -1.32. The molecule has 0 aromatic carbocycles. The van der Waals surface area contributed by atoms with Crippen molar-refractivity contribution in [3.05, 3.63) is 12.2 Å². The van der Waals surface area contributed by atoms with E-state index in [1.165, 1.54) is 0 Å². The number of hydrogen-bond acceptors (Lipinski definition) is 2. The van der Waals surface area contributed by atoms with Crippen LogP contribution in [0.5, 0.6) is 0 Å². The molecule has 1 heterocycles. The molecule has 1 N–H and O–H groups in total. The molecule has 0 aromatic heterocycles. The molecule has 3 atom stereocenters. The molecule has 3 aliphatic rings. The van der Waals surface area contributed by atoms with Gasteiger partial charge in [0, 0.05) is 19.5 Å². The van der Waals surface area contributed by atoms with E-state index in [2.05, 4.69) is 12.2 Å². The minimum absolute atomic E-state index is 0.145. The van der Waals surface area contributed by atoms with Crippen LogP contribution in [0.1, 0.15) is 38.5 Å². The van der Waals surface area contributed by atoms with Gasteiger partial charge in [0.15, 0.2) is 0 Å². The van der Waals surface area contributed by atoms with Gasteiger partial charge in [-0.1, -0.05) is 18.6 Å². The molecule has 1 aliphatic heterocycles. The Morgan fingerprint density at radius 3 is 2.84 bits per heavy atom. The van der Waals surface area contributed by atoms with Gasteiger partial charge in [-0.2, -0.15) is 0 Å². The number of nitrogens with zero attached hydrogens (tertiary/aromatic N) is 1. The number of amides is 1. The second-order valence-corrected chi connectivity index (χ2v) is 6.29. The maximum atomic E-state index is 12.3. The summed E-state index contributed by atoms with van der Waals surface area (Å²) < 4.78 is 0. The van der Waals surface area contributed by atoms with E-state index in [-0.39, 0.29) is 11.8 Å². The van der Waals surface area contributed by atoms with Gasteiger partial charge in [0.1, 0.15) is 0 Å². The van der Waals surface area contributed by atoms with Gasteiger partial charge in [-0.15, -0.1) is 0 Å². The zero-order chi connectivity index (χ0) is 13.5. The van der Waals surface area contributed by atoms with Gasteiger partial charge in [-0.3, -0.25) is 9.59 Å². The van der Waals surface area contributed by atoms with E-state index < -0.39 is 11.4 Å². The van der Waals surface area contributed by atoms with Gasteiger partial charge in [0.25, 0.3) is 0 Å². The number of rotatable bonds is 3. The van der Waals surface area contributed by atoms with E-state index in [4.69, 9.17) is 0 Å². The lowest BCUT2D eigenvalue weighted by atomic mass is 9.81. The molecule has 0 bridgehead atoms. The van der Waals surface area contributed by atoms with Crippen molar-refractivity contribution in [1.29, 1.82) is 0 Å². The van der Waals surface area contributed by atoms with E-state index in [0.717, 1.165) is 32.1 Å². The highest BCUT2D eigenvalue weighted by atomic mass is 16.4. The first kappa shape index (κ1) is 12.7. The lowest BCUT2D eigenvalue weighted by Crippen LogP contribution is -2.37. The van der Waals surface area contributed by atoms with Crippen LogP contribution in [0.25, 0.3) is 0 Å². The summed E-state index contributed by atoms with van der Waals surface area (Å²) in [4.78, 5) is 25.7. The normalized spacial score (nSPS) is 36.7. The minimum atomic E-state index is -0.703. The number of aliphatic carboxylic acids is 1. The number of carboxylic acids is 1. The van der Waals surface area contributed by atoms with Crippen LogP contribution in [0.4, 0.5) is 0 Å². The van der Waals surface area contributed by atoms with Crippen LogP contribution in [-0.4, -0.2) is 35.0 Å². The highest BCUT2D eigenvalue weighted by Crippen LogP contribution is 2.49. The molecule has 0 aromatic rings. The van der Waals surface area contributed by atoms with Crippen molar-refractivity contribution in [2.45, 2.75) is 38.5 Å². The lowest BCUT2D eigenvalue weighted by molar-refractivity contribution is -0.149. The summed E-state index contributed by atoms with van der Waals surface area (Å²) in [6.07, 6.45) is 9.63. The zero-order valence-corrected chi connectivity index (χ0v) is 11.2. The predicted octanol–water partition coefficient (Wildman–Crippen LogP) is 2.06. The monoisotopic (exact) mass is 263 g/mol. The third-order valence-corrected chi connectivity index (χ3v) is 5.20. The molecule has 3 rings (SSSR count).